The van der Waals surface area contributed by atoms with E-state index in [1.165, 1.54) is 6.26 Å². The quantitative estimate of drug-likeness (QED) is 0.792. The second-order valence-electron chi connectivity index (χ2n) is 4.48. The van der Waals surface area contributed by atoms with Gasteiger partial charge in [-0.15, -0.1) is 0 Å². The molecule has 0 atom stereocenters. The Morgan fingerprint density at radius 2 is 2.24 bits per heavy atom. The van der Waals surface area contributed by atoms with Crippen molar-refractivity contribution in [2.75, 3.05) is 19.3 Å². The summed E-state index contributed by atoms with van der Waals surface area (Å²) in [4.78, 5) is 9.53. The molecule has 2 heterocycles. The number of nitrogens with one attached hydrogen (secondary N) is 2. The largest absolute Gasteiger partial charge is 0.348 e. The second kappa shape index (κ2) is 5.16. The molecule has 0 amide bonds. The minimum Gasteiger partial charge on any atom is -0.348 e. The number of hydrogen-bond acceptors (Lipinski definition) is 4. The Balaban J connectivity index is 1.78. The first-order valence-corrected chi connectivity index (χ1v) is 7.60. The first-order chi connectivity index (χ1) is 8.03. The standard InChI is InChI=1S/C10H18N4O2S/c1-17(15,16)13-9-2-6-14(7-3-9)8-10-11-4-5-12-10/h4-5,9,13H,2-3,6-8H2,1H3,(H,11,12). The average molecular weight is 258 g/mol. The fourth-order valence-electron chi connectivity index (χ4n) is 2.11. The molecule has 6 nitrogen and oxygen atoms in total. The van der Waals surface area contributed by atoms with E-state index in [0.717, 1.165) is 38.3 Å². The number of hydrogen-bond donors (Lipinski definition) is 2. The first kappa shape index (κ1) is 12.5. The molecule has 0 unspecified atom stereocenters. The number of sulfonamides is 1. The third-order valence-electron chi connectivity index (χ3n) is 2.90. The van der Waals surface area contributed by atoms with Crippen LogP contribution in [-0.4, -0.2) is 48.7 Å². The maximum atomic E-state index is 11.1. The molecule has 2 N–H and O–H groups in total. The average Bonchev–Trinajstić information content (AvgIpc) is 2.71. The van der Waals surface area contributed by atoms with Crippen molar-refractivity contribution in [3.63, 3.8) is 0 Å². The van der Waals surface area contributed by atoms with E-state index in [4.69, 9.17) is 0 Å². The van der Waals surface area contributed by atoms with Gasteiger partial charge in [-0.3, -0.25) is 4.90 Å². The van der Waals surface area contributed by atoms with E-state index in [9.17, 15) is 8.42 Å². The Labute approximate surface area is 101 Å². The molecule has 0 aliphatic carbocycles. The molecule has 0 aromatic carbocycles. The third kappa shape index (κ3) is 4.10. The molecule has 1 aromatic heterocycles. The van der Waals surface area contributed by atoms with Crippen LogP contribution in [0.5, 0.6) is 0 Å². The molecule has 0 radical (unpaired) electrons. The van der Waals surface area contributed by atoms with Crippen molar-refractivity contribution in [1.29, 1.82) is 0 Å². The highest BCUT2D eigenvalue weighted by atomic mass is 32.2. The molecule has 1 aromatic rings. The molecule has 7 heteroatoms. The SMILES string of the molecule is CS(=O)(=O)NC1CCN(Cc2ncc[nH]2)CC1. The van der Waals surface area contributed by atoms with Crippen LogP contribution in [0.15, 0.2) is 12.4 Å². The van der Waals surface area contributed by atoms with Gasteiger partial charge in [0.2, 0.25) is 10.0 Å². The van der Waals surface area contributed by atoms with E-state index in [0.29, 0.717) is 0 Å². The Morgan fingerprint density at radius 1 is 1.53 bits per heavy atom. The summed E-state index contributed by atoms with van der Waals surface area (Å²) in [5.74, 6) is 0.958. The van der Waals surface area contributed by atoms with Gasteiger partial charge in [0.15, 0.2) is 0 Å². The topological polar surface area (TPSA) is 78.1 Å². The van der Waals surface area contributed by atoms with Crippen LogP contribution in [0.4, 0.5) is 0 Å². The summed E-state index contributed by atoms with van der Waals surface area (Å²) in [5, 5.41) is 0. The van der Waals surface area contributed by atoms with E-state index in [-0.39, 0.29) is 6.04 Å². The number of rotatable bonds is 4. The summed E-state index contributed by atoms with van der Waals surface area (Å²) in [6.45, 7) is 2.60. The highest BCUT2D eigenvalue weighted by molar-refractivity contribution is 7.88. The lowest BCUT2D eigenvalue weighted by molar-refractivity contribution is 0.196. The van der Waals surface area contributed by atoms with Crippen LogP contribution < -0.4 is 4.72 Å². The molecule has 0 spiro atoms. The van der Waals surface area contributed by atoms with E-state index in [1.807, 2.05) is 6.20 Å². The number of piperidine rings is 1. The predicted octanol–water partition coefficient (Wildman–Crippen LogP) is -0.0767. The normalized spacial score (nSPS) is 19.6. The lowest BCUT2D eigenvalue weighted by Gasteiger charge is -2.31. The minimum atomic E-state index is -3.08. The van der Waals surface area contributed by atoms with Crippen LogP contribution in [0.1, 0.15) is 18.7 Å². The van der Waals surface area contributed by atoms with E-state index >= 15 is 0 Å². The number of aromatic amines is 1. The number of likely N-dealkylation sites (tertiary alicyclic amines) is 1. The highest BCUT2D eigenvalue weighted by Crippen LogP contribution is 2.12. The Morgan fingerprint density at radius 3 is 2.76 bits per heavy atom. The van der Waals surface area contributed by atoms with Crippen molar-refractivity contribution in [2.24, 2.45) is 0 Å². The highest BCUT2D eigenvalue weighted by Gasteiger charge is 2.21. The number of H-pyrrole nitrogens is 1. The molecule has 1 fully saturated rings. The third-order valence-corrected chi connectivity index (χ3v) is 3.66. The monoisotopic (exact) mass is 258 g/mol. The zero-order chi connectivity index (χ0) is 12.3. The van der Waals surface area contributed by atoms with Crippen molar-refractivity contribution in [3.8, 4) is 0 Å². The summed E-state index contributed by atoms with van der Waals surface area (Å²) in [7, 11) is -3.08. The van der Waals surface area contributed by atoms with Crippen LogP contribution in [0.2, 0.25) is 0 Å². The zero-order valence-corrected chi connectivity index (χ0v) is 10.7. The fourth-order valence-corrected chi connectivity index (χ4v) is 2.95. The second-order valence-corrected chi connectivity index (χ2v) is 6.26. The molecule has 0 saturated carbocycles. The van der Waals surface area contributed by atoms with Crippen molar-refractivity contribution in [3.05, 3.63) is 18.2 Å². The van der Waals surface area contributed by atoms with Gasteiger partial charge < -0.3 is 4.98 Å². The van der Waals surface area contributed by atoms with Gasteiger partial charge in [-0.2, -0.15) is 0 Å². The molecule has 1 aliphatic rings. The number of nitrogens with zero attached hydrogens (tertiary/aromatic N) is 2. The van der Waals surface area contributed by atoms with Gasteiger partial charge in [-0.1, -0.05) is 0 Å². The molecule has 2 rings (SSSR count). The van der Waals surface area contributed by atoms with E-state index in [2.05, 4.69) is 19.6 Å². The van der Waals surface area contributed by atoms with Crippen LogP contribution in [-0.2, 0) is 16.6 Å². The Bertz CT molecular complexity index is 435. The summed E-state index contributed by atoms with van der Waals surface area (Å²) in [6, 6.07) is 0.0813. The van der Waals surface area contributed by atoms with E-state index in [1.54, 1.807) is 6.20 Å². The van der Waals surface area contributed by atoms with Gasteiger partial charge in [0, 0.05) is 31.5 Å². The summed E-state index contributed by atoms with van der Waals surface area (Å²) >= 11 is 0. The van der Waals surface area contributed by atoms with Crippen LogP contribution in [0.25, 0.3) is 0 Å². The van der Waals surface area contributed by atoms with Gasteiger partial charge in [0.1, 0.15) is 5.82 Å². The molecule has 0 bridgehead atoms. The molecular formula is C10H18N4O2S. The molecule has 1 aliphatic heterocycles. The summed E-state index contributed by atoms with van der Waals surface area (Å²) in [5.41, 5.74) is 0. The van der Waals surface area contributed by atoms with E-state index < -0.39 is 10.0 Å². The Hall–Kier alpha value is -0.920. The van der Waals surface area contributed by atoms with Crippen molar-refractivity contribution in [2.45, 2.75) is 25.4 Å². The van der Waals surface area contributed by atoms with Gasteiger partial charge in [0.25, 0.3) is 0 Å². The Kier molecular flexibility index (Phi) is 3.80. The molecule has 1 saturated heterocycles. The molecule has 17 heavy (non-hydrogen) atoms. The van der Waals surface area contributed by atoms with Crippen LogP contribution in [0.3, 0.4) is 0 Å². The lowest BCUT2D eigenvalue weighted by atomic mass is 10.1. The first-order valence-electron chi connectivity index (χ1n) is 5.71. The van der Waals surface area contributed by atoms with Gasteiger partial charge >= 0.3 is 0 Å². The van der Waals surface area contributed by atoms with Crippen LogP contribution in [0, 0.1) is 0 Å². The number of aromatic nitrogens is 2. The van der Waals surface area contributed by atoms with Gasteiger partial charge in [-0.25, -0.2) is 18.1 Å². The zero-order valence-electron chi connectivity index (χ0n) is 9.89. The van der Waals surface area contributed by atoms with Crippen LogP contribution >= 0.6 is 0 Å². The fraction of sp³-hybridized carbons (Fsp3) is 0.700. The van der Waals surface area contributed by atoms with Crippen molar-refractivity contribution < 1.29 is 8.42 Å². The molecular weight excluding hydrogens is 240 g/mol. The maximum Gasteiger partial charge on any atom is 0.208 e. The van der Waals surface area contributed by atoms with Gasteiger partial charge in [-0.05, 0) is 12.8 Å². The van der Waals surface area contributed by atoms with Crippen molar-refractivity contribution >= 4 is 10.0 Å². The smallest absolute Gasteiger partial charge is 0.208 e. The summed E-state index contributed by atoms with van der Waals surface area (Å²) < 4.78 is 24.9. The lowest BCUT2D eigenvalue weighted by Crippen LogP contribution is -2.44. The minimum absolute atomic E-state index is 0.0813. The predicted molar refractivity (Wildman–Crippen MR) is 64.9 cm³/mol. The summed E-state index contributed by atoms with van der Waals surface area (Å²) in [6.07, 6.45) is 6.48. The van der Waals surface area contributed by atoms with Crippen molar-refractivity contribution in [1.82, 2.24) is 19.6 Å². The van der Waals surface area contributed by atoms with Gasteiger partial charge in [0.05, 0.1) is 12.8 Å². The maximum absolute atomic E-state index is 11.1. The molecule has 96 valence electrons. The number of imidazole rings is 1.